The lowest BCUT2D eigenvalue weighted by Gasteiger charge is -2.26. The maximum absolute atomic E-state index is 2.50. The van der Waals surface area contributed by atoms with Gasteiger partial charge in [-0.15, -0.1) is 22.7 Å². The van der Waals surface area contributed by atoms with Crippen molar-refractivity contribution < 1.29 is 0 Å². The van der Waals surface area contributed by atoms with Gasteiger partial charge in [0, 0.05) is 84.5 Å². The van der Waals surface area contributed by atoms with Gasteiger partial charge in [-0.05, 0) is 88.5 Å². The van der Waals surface area contributed by atoms with Crippen LogP contribution in [0.1, 0.15) is 0 Å². The van der Waals surface area contributed by atoms with E-state index in [1.807, 2.05) is 22.7 Å². The molecule has 0 aliphatic heterocycles. The third-order valence-corrected chi connectivity index (χ3v) is 15.6. The fourth-order valence-corrected chi connectivity index (χ4v) is 12.8. The van der Waals surface area contributed by atoms with Crippen molar-refractivity contribution in [2.45, 2.75) is 0 Å². The number of anilines is 3. The van der Waals surface area contributed by atoms with E-state index >= 15 is 0 Å². The zero-order chi connectivity index (χ0) is 41.9. The fourth-order valence-electron chi connectivity index (χ4n) is 10.5. The molecule has 0 fully saturated rings. The van der Waals surface area contributed by atoms with Gasteiger partial charge < -0.3 is 9.30 Å². The Bertz CT molecular complexity index is 4120. The number of hydrogen-bond donors (Lipinski definition) is 0. The summed E-state index contributed by atoms with van der Waals surface area (Å²) >= 11 is 3.75. The third kappa shape index (κ3) is 5.30. The molecule has 2 nitrogen and oxygen atoms in total. The van der Waals surface area contributed by atoms with Crippen molar-refractivity contribution in [3.05, 3.63) is 218 Å². The quantitative estimate of drug-likeness (QED) is 0.162. The van der Waals surface area contributed by atoms with E-state index in [-0.39, 0.29) is 0 Å². The van der Waals surface area contributed by atoms with Crippen molar-refractivity contribution in [2.24, 2.45) is 0 Å². The van der Waals surface area contributed by atoms with Crippen LogP contribution >= 0.6 is 22.7 Å². The predicted octanol–water partition coefficient (Wildman–Crippen LogP) is 18.0. The predicted molar refractivity (Wildman–Crippen MR) is 278 cm³/mol. The molecule has 0 atom stereocenters. The standard InChI is InChI=1S/C60H36N2S2/c1-2-11-37(12-3-1)38-23-28-41(29-24-38)61(42-30-25-39(26-31-42)44-15-10-22-55-58(44)52-14-5-7-21-54(52)63-55)43-32-34-48-47-33-27-40(35-56(47)64-57(48)36-43)45-16-8-18-50-51-19-9-17-49-46-13-4-6-20-53(46)62(59(45)50)60(49)51/h1-36H. The number of hydrogen-bond acceptors (Lipinski definition) is 3. The highest BCUT2D eigenvalue weighted by molar-refractivity contribution is 7.26. The smallest absolute Gasteiger partial charge is 0.0620 e. The molecular weight excluding hydrogens is 813 g/mol. The first-order valence-electron chi connectivity index (χ1n) is 21.8. The molecule has 0 amide bonds. The lowest BCUT2D eigenvalue weighted by Crippen LogP contribution is -2.09. The number of aromatic nitrogens is 1. The SMILES string of the molecule is c1ccc(-c2ccc(N(c3ccc(-c4cccc5sc6ccccc6c45)cc3)c3ccc4c(c3)sc3cc(-c5cccc6c7cccc8c9ccccc9n(c56)c87)ccc34)cc2)cc1. The first kappa shape index (κ1) is 35.8. The molecule has 14 rings (SSSR count). The molecule has 0 saturated carbocycles. The van der Waals surface area contributed by atoms with Crippen molar-refractivity contribution in [1.29, 1.82) is 0 Å². The summed E-state index contributed by atoms with van der Waals surface area (Å²) in [4.78, 5) is 2.40. The molecule has 14 aromatic rings. The van der Waals surface area contributed by atoms with Crippen molar-refractivity contribution >= 4 is 118 Å². The molecule has 0 spiro atoms. The van der Waals surface area contributed by atoms with Crippen molar-refractivity contribution in [1.82, 2.24) is 4.40 Å². The van der Waals surface area contributed by atoms with Gasteiger partial charge in [0.2, 0.25) is 0 Å². The Morgan fingerprint density at radius 1 is 0.297 bits per heavy atom. The van der Waals surface area contributed by atoms with Crippen LogP contribution in [0.25, 0.3) is 112 Å². The van der Waals surface area contributed by atoms with Gasteiger partial charge >= 0.3 is 0 Å². The number of rotatable bonds is 6. The summed E-state index contributed by atoms with van der Waals surface area (Å²) in [6.07, 6.45) is 0. The minimum atomic E-state index is 1.12. The van der Waals surface area contributed by atoms with E-state index in [0.29, 0.717) is 0 Å². The van der Waals surface area contributed by atoms with E-state index in [1.54, 1.807) is 0 Å². The second-order valence-corrected chi connectivity index (χ2v) is 19.0. The van der Waals surface area contributed by atoms with Gasteiger partial charge in [-0.3, -0.25) is 0 Å². The number of para-hydroxylation sites is 3. The highest BCUT2D eigenvalue weighted by Gasteiger charge is 2.21. The summed E-state index contributed by atoms with van der Waals surface area (Å²) < 4.78 is 7.71. The van der Waals surface area contributed by atoms with Gasteiger partial charge in [-0.25, -0.2) is 0 Å². The van der Waals surface area contributed by atoms with Gasteiger partial charge in [0.25, 0.3) is 0 Å². The van der Waals surface area contributed by atoms with Crippen LogP contribution in [-0.2, 0) is 0 Å². The van der Waals surface area contributed by atoms with E-state index in [2.05, 4.69) is 228 Å². The minimum Gasteiger partial charge on any atom is -0.310 e. The minimum absolute atomic E-state index is 1.12. The Labute approximate surface area is 377 Å². The van der Waals surface area contributed by atoms with Gasteiger partial charge in [-0.2, -0.15) is 0 Å². The topological polar surface area (TPSA) is 7.65 Å². The summed E-state index contributed by atoms with van der Waals surface area (Å²) in [6.45, 7) is 0. The van der Waals surface area contributed by atoms with Crippen molar-refractivity contribution in [3.63, 3.8) is 0 Å². The molecule has 0 unspecified atom stereocenters. The molecule has 0 aliphatic carbocycles. The Morgan fingerprint density at radius 2 is 0.828 bits per heavy atom. The van der Waals surface area contributed by atoms with E-state index in [0.717, 1.165) is 17.1 Å². The maximum Gasteiger partial charge on any atom is 0.0620 e. The molecule has 64 heavy (non-hydrogen) atoms. The largest absolute Gasteiger partial charge is 0.310 e. The molecule has 0 radical (unpaired) electrons. The van der Waals surface area contributed by atoms with Crippen LogP contribution in [0.2, 0.25) is 0 Å². The third-order valence-electron chi connectivity index (χ3n) is 13.3. The zero-order valence-electron chi connectivity index (χ0n) is 34.5. The summed E-state index contributed by atoms with van der Waals surface area (Å²) in [7, 11) is 0. The summed E-state index contributed by atoms with van der Waals surface area (Å²) in [6, 6.07) is 80.7. The van der Waals surface area contributed by atoms with Gasteiger partial charge in [0.1, 0.15) is 0 Å². The normalized spacial score (nSPS) is 12.1. The van der Waals surface area contributed by atoms with Gasteiger partial charge in [-0.1, -0.05) is 158 Å². The number of thiophene rings is 2. The van der Waals surface area contributed by atoms with Crippen LogP contribution in [0.15, 0.2) is 218 Å². The van der Waals surface area contributed by atoms with Crippen LogP contribution in [0.4, 0.5) is 17.1 Å². The number of nitrogens with zero attached hydrogens (tertiary/aromatic N) is 2. The lowest BCUT2D eigenvalue weighted by atomic mass is 9.99. The average molecular weight is 849 g/mol. The molecule has 298 valence electrons. The van der Waals surface area contributed by atoms with Crippen LogP contribution in [-0.4, -0.2) is 4.40 Å². The molecule has 0 bridgehead atoms. The van der Waals surface area contributed by atoms with Crippen LogP contribution in [0.3, 0.4) is 0 Å². The number of benzene rings is 10. The van der Waals surface area contributed by atoms with E-state index < -0.39 is 0 Å². The molecule has 0 aliphatic rings. The number of fused-ring (bicyclic) bond motifs is 12. The van der Waals surface area contributed by atoms with E-state index in [9.17, 15) is 0 Å². The Kier molecular flexibility index (Phi) is 7.76. The van der Waals surface area contributed by atoms with Crippen molar-refractivity contribution in [3.8, 4) is 33.4 Å². The maximum atomic E-state index is 2.50. The Balaban J connectivity index is 0.897. The summed E-state index contributed by atoms with van der Waals surface area (Å²) in [5, 5.41) is 10.4. The first-order valence-corrected chi connectivity index (χ1v) is 23.5. The molecular formula is C60H36N2S2. The van der Waals surface area contributed by atoms with Crippen LogP contribution in [0, 0.1) is 0 Å². The Morgan fingerprint density at radius 3 is 1.64 bits per heavy atom. The molecule has 4 aromatic heterocycles. The molecule has 0 saturated heterocycles. The lowest BCUT2D eigenvalue weighted by molar-refractivity contribution is 1.29. The highest BCUT2D eigenvalue weighted by atomic mass is 32.1. The molecule has 0 N–H and O–H groups in total. The van der Waals surface area contributed by atoms with Crippen LogP contribution in [0.5, 0.6) is 0 Å². The molecule has 4 heterocycles. The van der Waals surface area contributed by atoms with E-state index in [1.165, 1.54) is 112 Å². The van der Waals surface area contributed by atoms with Gasteiger partial charge in [0.05, 0.1) is 16.6 Å². The molecule has 10 aromatic carbocycles. The average Bonchev–Trinajstić information content (AvgIpc) is 4.12. The first-order chi connectivity index (χ1) is 31.7. The molecule has 4 heteroatoms. The fraction of sp³-hybridized carbons (Fsp3) is 0. The van der Waals surface area contributed by atoms with E-state index in [4.69, 9.17) is 0 Å². The van der Waals surface area contributed by atoms with Crippen LogP contribution < -0.4 is 4.90 Å². The van der Waals surface area contributed by atoms with Gasteiger partial charge in [0.15, 0.2) is 0 Å². The van der Waals surface area contributed by atoms with Crippen molar-refractivity contribution in [2.75, 3.05) is 4.90 Å². The monoisotopic (exact) mass is 848 g/mol. The highest BCUT2D eigenvalue weighted by Crippen LogP contribution is 2.46. The summed E-state index contributed by atoms with van der Waals surface area (Å²) in [5.41, 5.74) is 14.6. The second kappa shape index (κ2) is 13.9. The second-order valence-electron chi connectivity index (χ2n) is 16.8. The summed E-state index contributed by atoms with van der Waals surface area (Å²) in [5.74, 6) is 0. The zero-order valence-corrected chi connectivity index (χ0v) is 36.1. The Hall–Kier alpha value is -7.76.